The second-order valence-corrected chi connectivity index (χ2v) is 6.24. The van der Waals surface area contributed by atoms with Gasteiger partial charge in [0.2, 0.25) is 0 Å². The third-order valence-electron chi connectivity index (χ3n) is 4.49. The molecule has 2 atom stereocenters. The predicted octanol–water partition coefficient (Wildman–Crippen LogP) is 3.53. The fourth-order valence-corrected chi connectivity index (χ4v) is 3.24. The number of carboxylic acid groups (broad SMARTS) is 1. The molecule has 1 fully saturated rings. The summed E-state index contributed by atoms with van der Waals surface area (Å²) in [5.41, 5.74) is 0.997. The van der Waals surface area contributed by atoms with Gasteiger partial charge in [0.15, 0.2) is 0 Å². The van der Waals surface area contributed by atoms with Crippen LogP contribution in [0.5, 0.6) is 5.75 Å². The van der Waals surface area contributed by atoms with Crippen LogP contribution in [0.2, 0.25) is 0 Å². The lowest BCUT2D eigenvalue weighted by Gasteiger charge is -2.17. The lowest BCUT2D eigenvalue weighted by Crippen LogP contribution is -2.29. The second kappa shape index (κ2) is 7.30. The van der Waals surface area contributed by atoms with Crippen molar-refractivity contribution in [3.8, 4) is 5.75 Å². The molecular formula is C19H16F3NO4. The van der Waals surface area contributed by atoms with Gasteiger partial charge in [-0.1, -0.05) is 30.3 Å². The molecular weight excluding hydrogens is 363 g/mol. The molecule has 1 heterocycles. The SMILES string of the molecule is O=C(O)C1CN(C(=O)c2ccc(OC(F)(F)F)cc2)CC1c1ccccc1. The fourth-order valence-electron chi connectivity index (χ4n) is 3.24. The Labute approximate surface area is 153 Å². The summed E-state index contributed by atoms with van der Waals surface area (Å²) in [6.07, 6.45) is -4.81. The summed E-state index contributed by atoms with van der Waals surface area (Å²) in [5.74, 6) is -2.94. The summed E-state index contributed by atoms with van der Waals surface area (Å²) in [7, 11) is 0. The third kappa shape index (κ3) is 4.39. The lowest BCUT2D eigenvalue weighted by atomic mass is 9.89. The van der Waals surface area contributed by atoms with E-state index in [0.717, 1.165) is 17.7 Å². The largest absolute Gasteiger partial charge is 0.573 e. The van der Waals surface area contributed by atoms with Crippen LogP contribution in [0, 0.1) is 5.92 Å². The van der Waals surface area contributed by atoms with Gasteiger partial charge in [-0.3, -0.25) is 9.59 Å². The normalized spacial score (nSPS) is 19.7. The van der Waals surface area contributed by atoms with Gasteiger partial charge in [0.25, 0.3) is 5.91 Å². The smallest absolute Gasteiger partial charge is 0.481 e. The van der Waals surface area contributed by atoms with Gasteiger partial charge in [0.05, 0.1) is 5.92 Å². The summed E-state index contributed by atoms with van der Waals surface area (Å²) in [5, 5.41) is 9.50. The van der Waals surface area contributed by atoms with Gasteiger partial charge in [0.1, 0.15) is 5.75 Å². The lowest BCUT2D eigenvalue weighted by molar-refractivity contribution is -0.274. The van der Waals surface area contributed by atoms with Crippen LogP contribution < -0.4 is 4.74 Å². The number of hydrogen-bond acceptors (Lipinski definition) is 3. The van der Waals surface area contributed by atoms with Crippen molar-refractivity contribution < 1.29 is 32.6 Å². The Bertz CT molecular complexity index is 821. The minimum atomic E-state index is -4.81. The van der Waals surface area contributed by atoms with Crippen molar-refractivity contribution in [3.05, 3.63) is 65.7 Å². The van der Waals surface area contributed by atoms with Crippen molar-refractivity contribution in [2.24, 2.45) is 5.92 Å². The summed E-state index contributed by atoms with van der Waals surface area (Å²) in [6.45, 7) is 0.259. The highest BCUT2D eigenvalue weighted by Gasteiger charge is 2.40. The number of benzene rings is 2. The van der Waals surface area contributed by atoms with Crippen LogP contribution in [0.25, 0.3) is 0 Å². The molecule has 0 saturated carbocycles. The van der Waals surface area contributed by atoms with Crippen molar-refractivity contribution in [1.82, 2.24) is 4.90 Å². The summed E-state index contributed by atoms with van der Waals surface area (Å²) in [6, 6.07) is 13.6. The van der Waals surface area contributed by atoms with E-state index < -0.39 is 29.9 Å². The first-order valence-corrected chi connectivity index (χ1v) is 8.17. The monoisotopic (exact) mass is 379 g/mol. The Morgan fingerprint density at radius 1 is 1.00 bits per heavy atom. The molecule has 1 aliphatic rings. The zero-order chi connectivity index (χ0) is 19.6. The van der Waals surface area contributed by atoms with Crippen LogP contribution in [0.4, 0.5) is 13.2 Å². The van der Waals surface area contributed by atoms with Crippen LogP contribution in [0.3, 0.4) is 0 Å². The van der Waals surface area contributed by atoms with Crippen molar-refractivity contribution in [2.75, 3.05) is 13.1 Å². The van der Waals surface area contributed by atoms with Gasteiger partial charge < -0.3 is 14.7 Å². The van der Waals surface area contributed by atoms with E-state index in [2.05, 4.69) is 4.74 Å². The van der Waals surface area contributed by atoms with E-state index in [1.54, 1.807) is 12.1 Å². The highest BCUT2D eigenvalue weighted by atomic mass is 19.4. The molecule has 0 aromatic heterocycles. The summed E-state index contributed by atoms with van der Waals surface area (Å²) >= 11 is 0. The molecule has 2 unspecified atom stereocenters. The average molecular weight is 379 g/mol. The molecule has 3 rings (SSSR count). The molecule has 2 aromatic rings. The number of halogens is 3. The molecule has 0 radical (unpaired) electrons. The number of aliphatic carboxylic acids is 1. The van der Waals surface area contributed by atoms with E-state index in [1.807, 2.05) is 18.2 Å². The first kappa shape index (κ1) is 18.8. The number of amides is 1. The van der Waals surface area contributed by atoms with Gasteiger partial charge in [0, 0.05) is 24.6 Å². The van der Waals surface area contributed by atoms with Gasteiger partial charge >= 0.3 is 12.3 Å². The Kier molecular flexibility index (Phi) is 5.07. The van der Waals surface area contributed by atoms with Crippen LogP contribution in [0.15, 0.2) is 54.6 Å². The van der Waals surface area contributed by atoms with Crippen molar-refractivity contribution >= 4 is 11.9 Å². The standard InChI is InChI=1S/C19H16F3NO4/c20-19(21,22)27-14-8-6-13(7-9-14)17(24)23-10-15(16(11-23)18(25)26)12-4-2-1-3-5-12/h1-9,15-16H,10-11H2,(H,25,26). The topological polar surface area (TPSA) is 66.8 Å². The van der Waals surface area contributed by atoms with Gasteiger partial charge in [-0.15, -0.1) is 13.2 Å². The third-order valence-corrected chi connectivity index (χ3v) is 4.49. The van der Waals surface area contributed by atoms with Crippen LogP contribution in [-0.2, 0) is 4.79 Å². The number of carboxylic acids is 1. The van der Waals surface area contributed by atoms with E-state index in [0.29, 0.717) is 0 Å². The number of ether oxygens (including phenoxy) is 1. The average Bonchev–Trinajstić information content (AvgIpc) is 3.07. The molecule has 0 aliphatic carbocycles. The summed E-state index contributed by atoms with van der Waals surface area (Å²) in [4.78, 5) is 25.7. The van der Waals surface area contributed by atoms with Crippen LogP contribution in [-0.4, -0.2) is 41.3 Å². The van der Waals surface area contributed by atoms with E-state index >= 15 is 0 Å². The number of carbonyl (C=O) groups is 2. The Morgan fingerprint density at radius 3 is 2.19 bits per heavy atom. The number of alkyl halides is 3. The Hall–Kier alpha value is -3.03. The molecule has 1 aliphatic heterocycles. The Balaban J connectivity index is 1.76. The van der Waals surface area contributed by atoms with Crippen molar-refractivity contribution in [1.29, 1.82) is 0 Å². The molecule has 8 heteroatoms. The van der Waals surface area contributed by atoms with Crippen LogP contribution in [0.1, 0.15) is 21.8 Å². The molecule has 1 amide bonds. The maximum atomic E-state index is 12.7. The van der Waals surface area contributed by atoms with E-state index in [-0.39, 0.29) is 24.6 Å². The minimum absolute atomic E-state index is 0.0362. The van der Waals surface area contributed by atoms with Gasteiger partial charge in [-0.2, -0.15) is 0 Å². The molecule has 2 aromatic carbocycles. The van der Waals surface area contributed by atoms with E-state index in [1.165, 1.54) is 17.0 Å². The molecule has 27 heavy (non-hydrogen) atoms. The number of rotatable bonds is 4. The molecule has 142 valence electrons. The molecule has 5 nitrogen and oxygen atoms in total. The minimum Gasteiger partial charge on any atom is -0.481 e. The fraction of sp³-hybridized carbons (Fsp3) is 0.263. The van der Waals surface area contributed by atoms with E-state index in [4.69, 9.17) is 0 Å². The summed E-state index contributed by atoms with van der Waals surface area (Å²) < 4.78 is 40.4. The molecule has 0 spiro atoms. The zero-order valence-corrected chi connectivity index (χ0v) is 14.0. The number of likely N-dealkylation sites (tertiary alicyclic amines) is 1. The van der Waals surface area contributed by atoms with E-state index in [9.17, 15) is 27.9 Å². The first-order valence-electron chi connectivity index (χ1n) is 8.17. The highest BCUT2D eigenvalue weighted by Crippen LogP contribution is 2.34. The predicted molar refractivity (Wildman–Crippen MR) is 89.3 cm³/mol. The van der Waals surface area contributed by atoms with Gasteiger partial charge in [-0.25, -0.2) is 0 Å². The number of nitrogens with zero attached hydrogens (tertiary/aromatic N) is 1. The highest BCUT2D eigenvalue weighted by molar-refractivity contribution is 5.95. The van der Waals surface area contributed by atoms with Crippen molar-refractivity contribution in [2.45, 2.75) is 12.3 Å². The second-order valence-electron chi connectivity index (χ2n) is 6.24. The Morgan fingerprint density at radius 2 is 1.63 bits per heavy atom. The first-order chi connectivity index (χ1) is 12.7. The maximum Gasteiger partial charge on any atom is 0.573 e. The molecule has 1 saturated heterocycles. The zero-order valence-electron chi connectivity index (χ0n) is 14.0. The quantitative estimate of drug-likeness (QED) is 0.883. The molecule has 1 N–H and O–H groups in total. The number of hydrogen-bond donors (Lipinski definition) is 1. The van der Waals surface area contributed by atoms with Crippen molar-refractivity contribution in [3.63, 3.8) is 0 Å². The van der Waals surface area contributed by atoms with Crippen LogP contribution >= 0.6 is 0 Å². The molecule has 0 bridgehead atoms. The maximum absolute atomic E-state index is 12.7. The van der Waals surface area contributed by atoms with Gasteiger partial charge in [-0.05, 0) is 29.8 Å². The number of carbonyl (C=O) groups excluding carboxylic acids is 1.